The highest BCUT2D eigenvalue weighted by Gasteiger charge is 2.42. The second-order valence-corrected chi connectivity index (χ2v) is 3.93. The Balaban J connectivity index is 2.70. The largest absolute Gasteiger partial charge is 0.391 e. The summed E-state index contributed by atoms with van der Waals surface area (Å²) in [5, 5.41) is 9.38. The van der Waals surface area contributed by atoms with E-state index in [1.807, 2.05) is 6.92 Å². The van der Waals surface area contributed by atoms with Gasteiger partial charge in [0, 0.05) is 11.8 Å². The molecule has 1 rings (SSSR count). The Morgan fingerprint density at radius 1 is 1.29 bits per heavy atom. The SMILES string of the molecule is CCC(O)CN1C(=O)C(C)C(C)C1=O. The number of amides is 2. The number of aliphatic hydroxyl groups excluding tert-OH is 1. The van der Waals surface area contributed by atoms with Crippen LogP contribution in [0.15, 0.2) is 0 Å². The summed E-state index contributed by atoms with van der Waals surface area (Å²) in [5.41, 5.74) is 0. The van der Waals surface area contributed by atoms with E-state index < -0.39 is 6.10 Å². The molecule has 0 aromatic heterocycles. The molecular weight excluding hydrogens is 182 g/mol. The standard InChI is InChI=1S/C10H17NO3/c1-4-8(12)5-11-9(13)6(2)7(3)10(11)14/h6-8,12H,4-5H2,1-3H3. The first kappa shape index (κ1) is 11.2. The van der Waals surface area contributed by atoms with Crippen molar-refractivity contribution in [3.63, 3.8) is 0 Å². The van der Waals surface area contributed by atoms with Crippen LogP contribution in [0.25, 0.3) is 0 Å². The predicted octanol–water partition coefficient (Wildman–Crippen LogP) is 0.398. The number of hydrogen-bond acceptors (Lipinski definition) is 3. The maximum atomic E-state index is 11.6. The Bertz CT molecular complexity index is 232. The molecular formula is C10H17NO3. The van der Waals surface area contributed by atoms with Crippen LogP contribution in [0.5, 0.6) is 0 Å². The van der Waals surface area contributed by atoms with Gasteiger partial charge >= 0.3 is 0 Å². The lowest BCUT2D eigenvalue weighted by atomic mass is 10.00. The molecule has 0 aromatic carbocycles. The minimum absolute atomic E-state index is 0.142. The molecule has 2 amide bonds. The van der Waals surface area contributed by atoms with Gasteiger partial charge in [-0.25, -0.2) is 0 Å². The van der Waals surface area contributed by atoms with Crippen molar-refractivity contribution in [2.24, 2.45) is 11.8 Å². The Kier molecular flexibility index (Phi) is 3.26. The van der Waals surface area contributed by atoms with Crippen LogP contribution in [0.1, 0.15) is 27.2 Å². The Hall–Kier alpha value is -0.900. The fraction of sp³-hybridized carbons (Fsp3) is 0.800. The number of likely N-dealkylation sites (tertiary alicyclic amines) is 1. The lowest BCUT2D eigenvalue weighted by Gasteiger charge is -2.17. The molecule has 4 heteroatoms. The van der Waals surface area contributed by atoms with Crippen molar-refractivity contribution in [2.75, 3.05) is 6.54 Å². The number of β-amino-alcohol motifs (C(OH)–C–C–N with tert-alkyl or cyclic N) is 1. The van der Waals surface area contributed by atoms with Gasteiger partial charge in [-0.2, -0.15) is 0 Å². The zero-order valence-corrected chi connectivity index (χ0v) is 8.86. The van der Waals surface area contributed by atoms with Crippen LogP contribution in [0.2, 0.25) is 0 Å². The average Bonchev–Trinajstić information content (AvgIpc) is 2.35. The van der Waals surface area contributed by atoms with Gasteiger partial charge in [0.25, 0.3) is 0 Å². The molecule has 4 nitrogen and oxygen atoms in total. The number of nitrogens with zero attached hydrogens (tertiary/aromatic N) is 1. The van der Waals surface area contributed by atoms with E-state index in [4.69, 9.17) is 0 Å². The van der Waals surface area contributed by atoms with E-state index in [2.05, 4.69) is 0 Å². The van der Waals surface area contributed by atoms with E-state index in [0.717, 1.165) is 0 Å². The van der Waals surface area contributed by atoms with E-state index in [1.165, 1.54) is 4.90 Å². The van der Waals surface area contributed by atoms with Crippen molar-refractivity contribution in [1.82, 2.24) is 4.90 Å². The molecule has 1 aliphatic heterocycles. The Morgan fingerprint density at radius 2 is 1.71 bits per heavy atom. The predicted molar refractivity (Wildman–Crippen MR) is 51.3 cm³/mol. The van der Waals surface area contributed by atoms with Gasteiger partial charge in [0.15, 0.2) is 0 Å². The Labute approximate surface area is 83.9 Å². The van der Waals surface area contributed by atoms with Crippen LogP contribution in [-0.4, -0.2) is 34.5 Å². The van der Waals surface area contributed by atoms with E-state index in [-0.39, 0.29) is 30.2 Å². The molecule has 1 fully saturated rings. The maximum absolute atomic E-state index is 11.6. The van der Waals surface area contributed by atoms with Gasteiger partial charge in [-0.15, -0.1) is 0 Å². The van der Waals surface area contributed by atoms with Gasteiger partial charge in [-0.1, -0.05) is 20.8 Å². The molecule has 0 bridgehead atoms. The number of rotatable bonds is 3. The summed E-state index contributed by atoms with van der Waals surface area (Å²) < 4.78 is 0. The van der Waals surface area contributed by atoms with E-state index in [1.54, 1.807) is 13.8 Å². The lowest BCUT2D eigenvalue weighted by molar-refractivity contribution is -0.141. The lowest BCUT2D eigenvalue weighted by Crippen LogP contribution is -2.37. The second-order valence-electron chi connectivity index (χ2n) is 3.93. The molecule has 0 aliphatic carbocycles. The van der Waals surface area contributed by atoms with Gasteiger partial charge in [0.05, 0.1) is 12.6 Å². The number of carbonyl (C=O) groups is 2. The van der Waals surface area contributed by atoms with Crippen molar-refractivity contribution in [3.8, 4) is 0 Å². The van der Waals surface area contributed by atoms with Crippen LogP contribution in [0, 0.1) is 11.8 Å². The fourth-order valence-corrected chi connectivity index (χ4v) is 1.55. The van der Waals surface area contributed by atoms with Crippen molar-refractivity contribution < 1.29 is 14.7 Å². The smallest absolute Gasteiger partial charge is 0.232 e. The van der Waals surface area contributed by atoms with Gasteiger partial charge in [-0.05, 0) is 6.42 Å². The molecule has 3 atom stereocenters. The summed E-state index contributed by atoms with van der Waals surface area (Å²) in [5.74, 6) is -0.803. The molecule has 0 saturated carbocycles. The van der Waals surface area contributed by atoms with Crippen molar-refractivity contribution >= 4 is 11.8 Å². The molecule has 0 aromatic rings. The number of carbonyl (C=O) groups excluding carboxylic acids is 2. The first-order valence-corrected chi connectivity index (χ1v) is 5.02. The minimum atomic E-state index is -0.597. The highest BCUT2D eigenvalue weighted by atomic mass is 16.3. The topological polar surface area (TPSA) is 57.6 Å². The first-order valence-electron chi connectivity index (χ1n) is 5.02. The molecule has 80 valence electrons. The third-order valence-corrected chi connectivity index (χ3v) is 2.93. The number of imide groups is 1. The van der Waals surface area contributed by atoms with Crippen molar-refractivity contribution in [1.29, 1.82) is 0 Å². The third-order valence-electron chi connectivity index (χ3n) is 2.93. The minimum Gasteiger partial charge on any atom is -0.391 e. The molecule has 1 heterocycles. The Morgan fingerprint density at radius 3 is 2.07 bits per heavy atom. The molecule has 1 N–H and O–H groups in total. The van der Waals surface area contributed by atoms with Crippen molar-refractivity contribution in [3.05, 3.63) is 0 Å². The van der Waals surface area contributed by atoms with Gasteiger partial charge in [0.1, 0.15) is 0 Å². The summed E-state index contributed by atoms with van der Waals surface area (Å²) in [7, 11) is 0. The highest BCUT2D eigenvalue weighted by molar-refractivity contribution is 6.04. The molecule has 14 heavy (non-hydrogen) atoms. The third kappa shape index (κ3) is 1.80. The van der Waals surface area contributed by atoms with Crippen LogP contribution < -0.4 is 0 Å². The first-order chi connectivity index (χ1) is 6.49. The van der Waals surface area contributed by atoms with Crippen molar-refractivity contribution in [2.45, 2.75) is 33.3 Å². The second kappa shape index (κ2) is 4.09. The zero-order chi connectivity index (χ0) is 10.9. The van der Waals surface area contributed by atoms with Crippen LogP contribution in [-0.2, 0) is 9.59 Å². The van der Waals surface area contributed by atoms with E-state index in [0.29, 0.717) is 6.42 Å². The number of aliphatic hydroxyl groups is 1. The molecule has 1 aliphatic rings. The summed E-state index contributed by atoms with van der Waals surface area (Å²) in [6.07, 6.45) is -0.0415. The van der Waals surface area contributed by atoms with Gasteiger partial charge in [-0.3, -0.25) is 14.5 Å². The molecule has 1 saturated heterocycles. The molecule has 3 unspecified atom stereocenters. The normalized spacial score (nSPS) is 29.9. The van der Waals surface area contributed by atoms with Gasteiger partial charge < -0.3 is 5.11 Å². The monoisotopic (exact) mass is 199 g/mol. The van der Waals surface area contributed by atoms with Crippen LogP contribution in [0.4, 0.5) is 0 Å². The average molecular weight is 199 g/mol. The van der Waals surface area contributed by atoms with E-state index >= 15 is 0 Å². The highest BCUT2D eigenvalue weighted by Crippen LogP contribution is 2.25. The van der Waals surface area contributed by atoms with Crippen LogP contribution in [0.3, 0.4) is 0 Å². The summed E-state index contributed by atoms with van der Waals surface area (Å²) in [4.78, 5) is 24.3. The maximum Gasteiger partial charge on any atom is 0.232 e. The molecule has 0 spiro atoms. The summed E-state index contributed by atoms with van der Waals surface area (Å²) in [6.45, 7) is 5.47. The molecule has 0 radical (unpaired) electrons. The fourth-order valence-electron chi connectivity index (χ4n) is 1.55. The van der Waals surface area contributed by atoms with Gasteiger partial charge in [0.2, 0.25) is 11.8 Å². The van der Waals surface area contributed by atoms with Crippen LogP contribution >= 0.6 is 0 Å². The van der Waals surface area contributed by atoms with E-state index in [9.17, 15) is 14.7 Å². The quantitative estimate of drug-likeness (QED) is 0.669. The summed E-state index contributed by atoms with van der Waals surface area (Å²) in [6, 6.07) is 0. The summed E-state index contributed by atoms with van der Waals surface area (Å²) >= 11 is 0. The zero-order valence-electron chi connectivity index (χ0n) is 8.86. The number of hydrogen-bond donors (Lipinski definition) is 1.